The van der Waals surface area contributed by atoms with E-state index in [-0.39, 0.29) is 0 Å². The molecule has 104 valence electrons. The molecule has 1 atom stereocenters. The number of para-hydroxylation sites is 1. The molecule has 1 saturated carbocycles. The highest BCUT2D eigenvalue weighted by Crippen LogP contribution is 2.32. The lowest BCUT2D eigenvalue weighted by molar-refractivity contribution is 0.0602. The molecule has 1 N–H and O–H groups in total. The summed E-state index contributed by atoms with van der Waals surface area (Å²) in [6, 6.07) is 8.34. The number of hydrogen-bond acceptors (Lipinski definition) is 3. The number of nitrogens with one attached hydrogen (secondary N) is 1. The van der Waals surface area contributed by atoms with E-state index in [0.29, 0.717) is 12.0 Å². The summed E-state index contributed by atoms with van der Waals surface area (Å²) >= 11 is 0. The highest BCUT2D eigenvalue weighted by molar-refractivity contribution is 5.39. The summed E-state index contributed by atoms with van der Waals surface area (Å²) in [6.07, 6.45) is 5.72. The zero-order chi connectivity index (χ0) is 12.9. The molecule has 0 amide bonds. The molecule has 3 nitrogen and oxygen atoms in total. The van der Waals surface area contributed by atoms with Gasteiger partial charge in [-0.3, -0.25) is 0 Å². The Kier molecular flexibility index (Phi) is 4.36. The number of benzene rings is 1. The van der Waals surface area contributed by atoms with Crippen molar-refractivity contribution in [1.29, 1.82) is 0 Å². The minimum absolute atomic E-state index is 0.489. The summed E-state index contributed by atoms with van der Waals surface area (Å²) in [5, 5.41) is 3.49. The number of fused-ring (bicyclic) bond motifs is 1. The molecule has 3 rings (SSSR count). The van der Waals surface area contributed by atoms with Gasteiger partial charge in [-0.25, -0.2) is 0 Å². The fourth-order valence-corrected chi connectivity index (χ4v) is 3.03. The van der Waals surface area contributed by atoms with Gasteiger partial charge >= 0.3 is 0 Å². The Bertz CT molecular complexity index is 401. The van der Waals surface area contributed by atoms with Gasteiger partial charge in [0.05, 0.1) is 19.3 Å². The molecule has 0 aromatic heterocycles. The van der Waals surface area contributed by atoms with Crippen LogP contribution in [0.5, 0.6) is 5.75 Å². The molecule has 1 aliphatic carbocycles. The van der Waals surface area contributed by atoms with Gasteiger partial charge in [0.25, 0.3) is 0 Å². The van der Waals surface area contributed by atoms with Gasteiger partial charge in [-0.2, -0.15) is 0 Å². The second-order valence-corrected chi connectivity index (χ2v) is 5.53. The lowest BCUT2D eigenvalue weighted by Gasteiger charge is -2.13. The van der Waals surface area contributed by atoms with Crippen LogP contribution >= 0.6 is 0 Å². The van der Waals surface area contributed by atoms with E-state index in [9.17, 15) is 0 Å². The Labute approximate surface area is 115 Å². The van der Waals surface area contributed by atoms with Crippen molar-refractivity contribution in [3.8, 4) is 5.75 Å². The molecule has 0 radical (unpaired) electrons. The normalized spacial score (nSPS) is 22.4. The van der Waals surface area contributed by atoms with E-state index in [0.717, 1.165) is 32.1 Å². The topological polar surface area (TPSA) is 30.5 Å². The van der Waals surface area contributed by atoms with Crippen molar-refractivity contribution >= 4 is 0 Å². The zero-order valence-corrected chi connectivity index (χ0v) is 11.4. The van der Waals surface area contributed by atoms with Crippen molar-refractivity contribution in [3.05, 3.63) is 29.8 Å². The van der Waals surface area contributed by atoms with Gasteiger partial charge in [0, 0.05) is 24.6 Å². The van der Waals surface area contributed by atoms with Gasteiger partial charge in [-0.15, -0.1) is 0 Å². The quantitative estimate of drug-likeness (QED) is 0.799. The molecule has 1 heterocycles. The molecule has 1 aromatic carbocycles. The lowest BCUT2D eigenvalue weighted by Crippen LogP contribution is -2.27. The van der Waals surface area contributed by atoms with E-state index in [4.69, 9.17) is 9.47 Å². The van der Waals surface area contributed by atoms with Gasteiger partial charge in [0.15, 0.2) is 0 Å². The van der Waals surface area contributed by atoms with Crippen LogP contribution in [-0.2, 0) is 4.74 Å². The predicted molar refractivity (Wildman–Crippen MR) is 75.8 cm³/mol. The van der Waals surface area contributed by atoms with Gasteiger partial charge in [0.1, 0.15) is 5.75 Å². The maximum atomic E-state index is 5.84. The van der Waals surface area contributed by atoms with Crippen LogP contribution in [0.4, 0.5) is 0 Å². The highest BCUT2D eigenvalue weighted by atomic mass is 16.5. The minimum atomic E-state index is 0.489. The van der Waals surface area contributed by atoms with Crippen molar-refractivity contribution < 1.29 is 9.47 Å². The standard InChI is InChI=1S/C16H23NO2/c1-2-6-14(5-1)18-10-9-17-11-13-12-19-16-8-4-3-7-15(13)16/h3-4,7-8,13-14,17H,1-2,5-6,9-12H2. The third-order valence-electron chi connectivity index (χ3n) is 4.12. The van der Waals surface area contributed by atoms with Gasteiger partial charge < -0.3 is 14.8 Å². The summed E-state index contributed by atoms with van der Waals surface area (Å²) in [6.45, 7) is 3.55. The summed E-state index contributed by atoms with van der Waals surface area (Å²) in [5.74, 6) is 1.54. The minimum Gasteiger partial charge on any atom is -0.493 e. The highest BCUT2D eigenvalue weighted by Gasteiger charge is 2.22. The fraction of sp³-hybridized carbons (Fsp3) is 0.625. The zero-order valence-electron chi connectivity index (χ0n) is 11.4. The fourth-order valence-electron chi connectivity index (χ4n) is 3.03. The second-order valence-electron chi connectivity index (χ2n) is 5.53. The molecule has 0 spiro atoms. The van der Waals surface area contributed by atoms with E-state index in [1.807, 2.05) is 6.07 Å². The van der Waals surface area contributed by atoms with Crippen molar-refractivity contribution in [3.63, 3.8) is 0 Å². The maximum Gasteiger partial charge on any atom is 0.122 e. The Balaban J connectivity index is 1.34. The molecule has 1 aliphatic heterocycles. The van der Waals surface area contributed by atoms with Crippen LogP contribution in [0.25, 0.3) is 0 Å². The molecule has 1 unspecified atom stereocenters. The molecule has 3 heteroatoms. The van der Waals surface area contributed by atoms with Crippen LogP contribution in [0.3, 0.4) is 0 Å². The van der Waals surface area contributed by atoms with Crippen molar-refractivity contribution in [1.82, 2.24) is 5.32 Å². The van der Waals surface area contributed by atoms with Crippen LogP contribution in [0.1, 0.15) is 37.2 Å². The van der Waals surface area contributed by atoms with Crippen LogP contribution in [0.2, 0.25) is 0 Å². The van der Waals surface area contributed by atoms with E-state index in [1.54, 1.807) is 0 Å². The smallest absolute Gasteiger partial charge is 0.122 e. The summed E-state index contributed by atoms with van der Waals surface area (Å²) in [4.78, 5) is 0. The predicted octanol–water partition coefficient (Wildman–Crippen LogP) is 2.71. The SMILES string of the molecule is c1ccc2c(c1)OCC2CNCCOC1CCCC1. The molecule has 1 aromatic rings. The molecule has 0 bridgehead atoms. The van der Waals surface area contributed by atoms with E-state index in [1.165, 1.54) is 31.2 Å². The first-order valence-electron chi connectivity index (χ1n) is 7.47. The molecular formula is C16H23NO2. The molecule has 19 heavy (non-hydrogen) atoms. The van der Waals surface area contributed by atoms with E-state index < -0.39 is 0 Å². The first-order valence-corrected chi connectivity index (χ1v) is 7.47. The summed E-state index contributed by atoms with van der Waals surface area (Å²) < 4.78 is 11.5. The summed E-state index contributed by atoms with van der Waals surface area (Å²) in [5.41, 5.74) is 1.34. The Morgan fingerprint density at radius 3 is 2.95 bits per heavy atom. The third-order valence-corrected chi connectivity index (χ3v) is 4.12. The number of ether oxygens (including phenoxy) is 2. The van der Waals surface area contributed by atoms with Crippen LogP contribution in [0.15, 0.2) is 24.3 Å². The van der Waals surface area contributed by atoms with E-state index >= 15 is 0 Å². The average Bonchev–Trinajstić information content (AvgIpc) is 3.08. The Hall–Kier alpha value is -1.06. The number of rotatable bonds is 6. The van der Waals surface area contributed by atoms with Crippen molar-refractivity contribution in [2.75, 3.05) is 26.3 Å². The maximum absolute atomic E-state index is 5.84. The molecular weight excluding hydrogens is 238 g/mol. The van der Waals surface area contributed by atoms with Gasteiger partial charge in [-0.05, 0) is 18.9 Å². The van der Waals surface area contributed by atoms with Crippen molar-refractivity contribution in [2.24, 2.45) is 0 Å². The molecule has 0 saturated heterocycles. The van der Waals surface area contributed by atoms with Gasteiger partial charge in [-0.1, -0.05) is 31.0 Å². The average molecular weight is 261 g/mol. The Morgan fingerprint density at radius 1 is 1.21 bits per heavy atom. The first-order chi connectivity index (χ1) is 9.43. The van der Waals surface area contributed by atoms with Crippen LogP contribution < -0.4 is 10.1 Å². The lowest BCUT2D eigenvalue weighted by atomic mass is 10.0. The molecule has 2 aliphatic rings. The first kappa shape index (κ1) is 12.9. The van der Waals surface area contributed by atoms with E-state index in [2.05, 4.69) is 23.5 Å². The van der Waals surface area contributed by atoms with Crippen molar-refractivity contribution in [2.45, 2.75) is 37.7 Å². The second kappa shape index (κ2) is 6.40. The largest absolute Gasteiger partial charge is 0.493 e. The van der Waals surface area contributed by atoms with Crippen LogP contribution in [0, 0.1) is 0 Å². The third kappa shape index (κ3) is 3.28. The van der Waals surface area contributed by atoms with Crippen LogP contribution in [-0.4, -0.2) is 32.4 Å². The Morgan fingerprint density at radius 2 is 2.05 bits per heavy atom. The molecule has 1 fully saturated rings. The number of hydrogen-bond donors (Lipinski definition) is 1. The van der Waals surface area contributed by atoms with Gasteiger partial charge in [0.2, 0.25) is 0 Å². The monoisotopic (exact) mass is 261 g/mol. The summed E-state index contributed by atoms with van der Waals surface area (Å²) in [7, 11) is 0.